The second-order valence-electron chi connectivity index (χ2n) is 5.43. The van der Waals surface area contributed by atoms with E-state index in [2.05, 4.69) is 10.3 Å². The molecule has 24 heavy (non-hydrogen) atoms. The van der Waals surface area contributed by atoms with Gasteiger partial charge in [0, 0.05) is 5.69 Å². The summed E-state index contributed by atoms with van der Waals surface area (Å²) in [4.78, 5) is 17.8. The summed E-state index contributed by atoms with van der Waals surface area (Å²) in [5.41, 5.74) is 2.35. The summed E-state index contributed by atoms with van der Waals surface area (Å²) in [5.74, 6) is 0.290. The number of fused-ring (bicyclic) bond motifs is 3. The molecule has 0 unspecified atom stereocenters. The largest absolute Gasteiger partial charge is 0.339 e. The molecular weight excluding hydrogens is 320 g/mol. The topological polar surface area (TPSA) is 70.2 Å². The first-order valence-electron chi connectivity index (χ1n) is 7.35. The van der Waals surface area contributed by atoms with Crippen LogP contribution in [0.3, 0.4) is 0 Å². The molecule has 2 heterocycles. The van der Waals surface area contributed by atoms with Crippen LogP contribution in [0.5, 0.6) is 0 Å². The normalized spacial score (nSPS) is 10.8. The van der Waals surface area contributed by atoms with Gasteiger partial charge in [-0.25, -0.2) is 9.38 Å². The molecule has 0 bridgehead atoms. The van der Waals surface area contributed by atoms with E-state index >= 15 is 0 Å². The van der Waals surface area contributed by atoms with Crippen LogP contribution in [0.25, 0.3) is 15.2 Å². The Hall–Kier alpha value is -3.17. The summed E-state index contributed by atoms with van der Waals surface area (Å²) in [6, 6.07) is 17.3. The minimum atomic E-state index is -0.352. The molecule has 1 N–H and O–H groups in total. The SMILES string of the molecule is Cc1ccc(Nc2nc3sc4ccccc4n3c(=O)c2C#N)cc1. The number of aromatic nitrogens is 2. The van der Waals surface area contributed by atoms with Crippen molar-refractivity contribution in [3.8, 4) is 6.07 Å². The van der Waals surface area contributed by atoms with Gasteiger partial charge in [-0.2, -0.15) is 5.26 Å². The van der Waals surface area contributed by atoms with Crippen LogP contribution in [0.15, 0.2) is 53.3 Å². The van der Waals surface area contributed by atoms with Gasteiger partial charge in [0.05, 0.1) is 10.2 Å². The van der Waals surface area contributed by atoms with Crippen LogP contribution in [-0.2, 0) is 0 Å². The number of nitrogens with zero attached hydrogens (tertiary/aromatic N) is 3. The standard InChI is InChI=1S/C18H12N4OS/c1-11-6-8-12(9-7-11)20-16-13(10-19)17(23)22-14-4-2-3-5-15(14)24-18(22)21-16/h2-9,20H,1H3. The maximum absolute atomic E-state index is 12.8. The summed E-state index contributed by atoms with van der Waals surface area (Å²) in [6.07, 6.45) is 0. The van der Waals surface area contributed by atoms with E-state index < -0.39 is 0 Å². The quantitative estimate of drug-likeness (QED) is 0.605. The van der Waals surface area contributed by atoms with Gasteiger partial charge in [-0.1, -0.05) is 41.2 Å². The molecule has 6 heteroatoms. The average molecular weight is 332 g/mol. The molecule has 0 fully saturated rings. The third-order valence-corrected chi connectivity index (χ3v) is 4.81. The lowest BCUT2D eigenvalue weighted by molar-refractivity contribution is 1.10. The van der Waals surface area contributed by atoms with Gasteiger partial charge in [-0.05, 0) is 31.2 Å². The number of anilines is 2. The number of rotatable bonds is 2. The summed E-state index contributed by atoms with van der Waals surface area (Å²) in [6.45, 7) is 2.00. The third-order valence-electron chi connectivity index (χ3n) is 3.79. The lowest BCUT2D eigenvalue weighted by Crippen LogP contribution is -2.19. The van der Waals surface area contributed by atoms with Gasteiger partial charge in [-0.15, -0.1) is 0 Å². The summed E-state index contributed by atoms with van der Waals surface area (Å²) >= 11 is 1.42. The van der Waals surface area contributed by atoms with Gasteiger partial charge < -0.3 is 5.32 Å². The molecule has 0 saturated heterocycles. The molecule has 4 aromatic rings. The van der Waals surface area contributed by atoms with Crippen molar-refractivity contribution in [1.82, 2.24) is 9.38 Å². The molecule has 0 aliphatic carbocycles. The van der Waals surface area contributed by atoms with Crippen LogP contribution in [0.1, 0.15) is 11.1 Å². The van der Waals surface area contributed by atoms with E-state index in [1.807, 2.05) is 61.5 Å². The number of nitriles is 1. The third kappa shape index (κ3) is 2.23. The number of para-hydroxylation sites is 1. The Morgan fingerprint density at radius 2 is 1.92 bits per heavy atom. The Bertz CT molecular complexity index is 1170. The molecule has 0 saturated carbocycles. The second kappa shape index (κ2) is 5.48. The second-order valence-corrected chi connectivity index (χ2v) is 6.44. The number of hydrogen-bond donors (Lipinski definition) is 1. The van der Waals surface area contributed by atoms with Crippen LogP contribution in [0.4, 0.5) is 11.5 Å². The molecule has 0 amide bonds. The number of nitrogens with one attached hydrogen (secondary N) is 1. The molecule has 116 valence electrons. The highest BCUT2D eigenvalue weighted by Crippen LogP contribution is 2.26. The zero-order chi connectivity index (χ0) is 16.7. The predicted octanol–water partition coefficient (Wildman–Crippen LogP) is 3.83. The zero-order valence-corrected chi connectivity index (χ0v) is 13.6. The van der Waals surface area contributed by atoms with Crippen LogP contribution >= 0.6 is 11.3 Å². The van der Waals surface area contributed by atoms with E-state index in [0.29, 0.717) is 4.96 Å². The van der Waals surface area contributed by atoms with Crippen molar-refractivity contribution >= 4 is 38.0 Å². The van der Waals surface area contributed by atoms with E-state index in [4.69, 9.17) is 0 Å². The first-order valence-corrected chi connectivity index (χ1v) is 8.17. The first kappa shape index (κ1) is 14.4. The van der Waals surface area contributed by atoms with E-state index in [1.165, 1.54) is 15.7 Å². The van der Waals surface area contributed by atoms with E-state index in [9.17, 15) is 10.1 Å². The number of hydrogen-bond acceptors (Lipinski definition) is 5. The van der Waals surface area contributed by atoms with E-state index in [0.717, 1.165) is 21.5 Å². The molecular formula is C18H12N4OS. The molecule has 5 nitrogen and oxygen atoms in total. The molecule has 0 aliphatic rings. The summed E-state index contributed by atoms with van der Waals surface area (Å²) in [7, 11) is 0. The van der Waals surface area contributed by atoms with Crippen molar-refractivity contribution in [1.29, 1.82) is 5.26 Å². The first-order chi connectivity index (χ1) is 11.7. The number of benzene rings is 2. The molecule has 0 aliphatic heterocycles. The van der Waals surface area contributed by atoms with E-state index in [1.54, 1.807) is 0 Å². The maximum atomic E-state index is 12.8. The van der Waals surface area contributed by atoms with Crippen molar-refractivity contribution in [2.45, 2.75) is 6.92 Å². The highest BCUT2D eigenvalue weighted by atomic mass is 32.1. The number of aryl methyl sites for hydroxylation is 1. The molecule has 0 spiro atoms. The van der Waals surface area contributed by atoms with Crippen molar-refractivity contribution in [3.05, 3.63) is 70.0 Å². The molecule has 2 aromatic carbocycles. The fraction of sp³-hybridized carbons (Fsp3) is 0.0556. The van der Waals surface area contributed by atoms with Gasteiger partial charge in [0.2, 0.25) is 0 Å². The molecule has 2 aromatic heterocycles. The van der Waals surface area contributed by atoms with Crippen molar-refractivity contribution < 1.29 is 0 Å². The predicted molar refractivity (Wildman–Crippen MR) is 96.0 cm³/mol. The monoisotopic (exact) mass is 332 g/mol. The smallest absolute Gasteiger partial charge is 0.279 e. The van der Waals surface area contributed by atoms with Crippen LogP contribution in [-0.4, -0.2) is 9.38 Å². The van der Waals surface area contributed by atoms with Gasteiger partial charge in [0.25, 0.3) is 5.56 Å². The van der Waals surface area contributed by atoms with Crippen LogP contribution in [0.2, 0.25) is 0 Å². The summed E-state index contributed by atoms with van der Waals surface area (Å²) in [5, 5.41) is 12.5. The van der Waals surface area contributed by atoms with Gasteiger partial charge in [-0.3, -0.25) is 4.79 Å². The Morgan fingerprint density at radius 1 is 1.17 bits per heavy atom. The fourth-order valence-electron chi connectivity index (χ4n) is 2.57. The van der Waals surface area contributed by atoms with Gasteiger partial charge in [0.1, 0.15) is 6.07 Å². The highest BCUT2D eigenvalue weighted by Gasteiger charge is 2.16. The van der Waals surface area contributed by atoms with Crippen LogP contribution in [0, 0.1) is 18.3 Å². The Kier molecular flexibility index (Phi) is 3.29. The fourth-order valence-corrected chi connectivity index (χ4v) is 3.59. The lowest BCUT2D eigenvalue weighted by Gasteiger charge is -2.07. The van der Waals surface area contributed by atoms with Gasteiger partial charge >= 0.3 is 0 Å². The summed E-state index contributed by atoms with van der Waals surface area (Å²) < 4.78 is 2.46. The van der Waals surface area contributed by atoms with Crippen molar-refractivity contribution in [3.63, 3.8) is 0 Å². The average Bonchev–Trinajstić information content (AvgIpc) is 2.95. The number of thiazole rings is 1. The molecule has 0 atom stereocenters. The molecule has 0 radical (unpaired) electrons. The zero-order valence-electron chi connectivity index (χ0n) is 12.8. The van der Waals surface area contributed by atoms with E-state index in [-0.39, 0.29) is 16.9 Å². The highest BCUT2D eigenvalue weighted by molar-refractivity contribution is 7.23. The molecule has 4 rings (SSSR count). The Balaban J connectivity index is 1.96. The van der Waals surface area contributed by atoms with Crippen LogP contribution < -0.4 is 10.9 Å². The minimum Gasteiger partial charge on any atom is -0.339 e. The van der Waals surface area contributed by atoms with Crippen molar-refractivity contribution in [2.24, 2.45) is 0 Å². The maximum Gasteiger partial charge on any atom is 0.279 e. The minimum absolute atomic E-state index is 0.0108. The Labute approximate surface area is 141 Å². The Morgan fingerprint density at radius 3 is 2.67 bits per heavy atom. The lowest BCUT2D eigenvalue weighted by atomic mass is 10.2. The van der Waals surface area contributed by atoms with Gasteiger partial charge in [0.15, 0.2) is 16.3 Å². The van der Waals surface area contributed by atoms with Crippen molar-refractivity contribution in [2.75, 3.05) is 5.32 Å².